The number of benzene rings is 1. The van der Waals surface area contributed by atoms with E-state index in [1.54, 1.807) is 12.1 Å². The van der Waals surface area contributed by atoms with E-state index in [2.05, 4.69) is 40.0 Å². The second-order valence-electron chi connectivity index (χ2n) is 7.76. The van der Waals surface area contributed by atoms with Crippen LogP contribution in [-0.4, -0.2) is 56.5 Å². The SMILES string of the molecule is CCNC(=NCC1CCCN(C)C1c1cccc(Cl)c1)NCCNC(=O)c1ccco1.I. The molecule has 3 rings (SSSR count). The van der Waals surface area contributed by atoms with Gasteiger partial charge in [-0.1, -0.05) is 23.7 Å². The molecule has 3 N–H and O–H groups in total. The summed E-state index contributed by atoms with van der Waals surface area (Å²) in [6.45, 7) is 5.65. The molecule has 0 aliphatic carbocycles. The molecule has 2 unspecified atom stereocenters. The highest BCUT2D eigenvalue weighted by molar-refractivity contribution is 14.0. The third-order valence-electron chi connectivity index (χ3n) is 5.47. The zero-order valence-electron chi connectivity index (χ0n) is 18.6. The van der Waals surface area contributed by atoms with Crippen molar-refractivity contribution in [2.45, 2.75) is 25.8 Å². The molecule has 1 saturated heterocycles. The first-order chi connectivity index (χ1) is 15.1. The van der Waals surface area contributed by atoms with Gasteiger partial charge in [0.15, 0.2) is 11.7 Å². The van der Waals surface area contributed by atoms with Gasteiger partial charge in [0.1, 0.15) is 0 Å². The van der Waals surface area contributed by atoms with E-state index in [9.17, 15) is 4.79 Å². The van der Waals surface area contributed by atoms with Crippen molar-refractivity contribution in [1.82, 2.24) is 20.9 Å². The number of hydrogen-bond acceptors (Lipinski definition) is 4. The van der Waals surface area contributed by atoms with Gasteiger partial charge >= 0.3 is 0 Å². The summed E-state index contributed by atoms with van der Waals surface area (Å²) in [7, 11) is 2.17. The molecule has 9 heteroatoms. The maximum atomic E-state index is 11.9. The van der Waals surface area contributed by atoms with E-state index in [-0.39, 0.29) is 29.9 Å². The summed E-state index contributed by atoms with van der Waals surface area (Å²) in [5.74, 6) is 1.26. The second kappa shape index (κ2) is 13.7. The summed E-state index contributed by atoms with van der Waals surface area (Å²) in [6, 6.07) is 11.8. The van der Waals surface area contributed by atoms with Crippen LogP contribution in [0.1, 0.15) is 41.9 Å². The van der Waals surface area contributed by atoms with Crippen LogP contribution >= 0.6 is 35.6 Å². The Bertz CT molecular complexity index is 862. The molecule has 2 heterocycles. The Morgan fingerprint density at radius 3 is 2.75 bits per heavy atom. The molecule has 2 aromatic rings. The van der Waals surface area contributed by atoms with E-state index in [1.807, 2.05) is 19.1 Å². The molecule has 1 aliphatic heterocycles. The van der Waals surface area contributed by atoms with Gasteiger partial charge in [-0.3, -0.25) is 14.7 Å². The molecule has 0 saturated carbocycles. The number of aliphatic imine (C=N–C) groups is 1. The Hall–Kier alpha value is -1.78. The molecule has 0 bridgehead atoms. The number of guanidine groups is 1. The topological polar surface area (TPSA) is 81.9 Å². The van der Waals surface area contributed by atoms with Gasteiger partial charge < -0.3 is 20.4 Å². The van der Waals surface area contributed by atoms with Gasteiger partial charge in [-0.2, -0.15) is 0 Å². The van der Waals surface area contributed by atoms with Crippen molar-refractivity contribution < 1.29 is 9.21 Å². The van der Waals surface area contributed by atoms with Gasteiger partial charge in [-0.05, 0) is 69.1 Å². The summed E-state index contributed by atoms with van der Waals surface area (Å²) in [4.78, 5) is 19.2. The van der Waals surface area contributed by atoms with Crippen LogP contribution in [-0.2, 0) is 0 Å². The van der Waals surface area contributed by atoms with Crippen LogP contribution in [0.4, 0.5) is 0 Å². The summed E-state index contributed by atoms with van der Waals surface area (Å²) in [6.07, 6.45) is 3.78. The summed E-state index contributed by atoms with van der Waals surface area (Å²) in [5, 5.41) is 10.2. The molecule has 0 radical (unpaired) electrons. The summed E-state index contributed by atoms with van der Waals surface area (Å²) in [5.41, 5.74) is 1.24. The number of nitrogens with zero attached hydrogens (tertiary/aromatic N) is 2. The first-order valence-electron chi connectivity index (χ1n) is 10.9. The van der Waals surface area contributed by atoms with Gasteiger partial charge in [0, 0.05) is 37.2 Å². The van der Waals surface area contributed by atoms with Crippen molar-refractivity contribution in [3.63, 3.8) is 0 Å². The third kappa shape index (κ3) is 7.67. The molecular formula is C23H33ClIN5O2. The van der Waals surface area contributed by atoms with Gasteiger partial charge in [-0.25, -0.2) is 0 Å². The van der Waals surface area contributed by atoms with Crippen LogP contribution in [0.25, 0.3) is 0 Å². The van der Waals surface area contributed by atoms with Crippen LogP contribution in [0.5, 0.6) is 0 Å². The number of nitrogens with one attached hydrogen (secondary N) is 3. The zero-order valence-corrected chi connectivity index (χ0v) is 21.7. The fraction of sp³-hybridized carbons (Fsp3) is 0.478. The van der Waals surface area contributed by atoms with Gasteiger partial charge in [0.05, 0.1) is 6.26 Å². The number of halogens is 2. The van der Waals surface area contributed by atoms with Crippen molar-refractivity contribution >= 4 is 47.4 Å². The van der Waals surface area contributed by atoms with E-state index in [1.165, 1.54) is 11.8 Å². The average molecular weight is 574 g/mol. The highest BCUT2D eigenvalue weighted by Crippen LogP contribution is 2.36. The summed E-state index contributed by atoms with van der Waals surface area (Å²) >= 11 is 6.25. The minimum Gasteiger partial charge on any atom is -0.459 e. The molecule has 1 aromatic heterocycles. The lowest BCUT2D eigenvalue weighted by Gasteiger charge is -2.39. The van der Waals surface area contributed by atoms with Crippen molar-refractivity contribution in [1.29, 1.82) is 0 Å². The summed E-state index contributed by atoms with van der Waals surface area (Å²) < 4.78 is 5.10. The molecule has 32 heavy (non-hydrogen) atoms. The minimum absolute atomic E-state index is 0. The number of furan rings is 1. The smallest absolute Gasteiger partial charge is 0.287 e. The minimum atomic E-state index is -0.219. The van der Waals surface area contributed by atoms with Crippen LogP contribution < -0.4 is 16.0 Å². The number of carbonyl (C=O) groups is 1. The van der Waals surface area contributed by atoms with Crippen molar-refractivity contribution in [2.75, 3.05) is 39.8 Å². The Morgan fingerprint density at radius 1 is 1.22 bits per heavy atom. The maximum Gasteiger partial charge on any atom is 0.287 e. The van der Waals surface area contributed by atoms with Gasteiger partial charge in [-0.15, -0.1) is 24.0 Å². The quantitative estimate of drug-likeness (QED) is 0.193. The van der Waals surface area contributed by atoms with E-state index >= 15 is 0 Å². The monoisotopic (exact) mass is 573 g/mol. The lowest BCUT2D eigenvalue weighted by Crippen LogP contribution is -2.42. The zero-order chi connectivity index (χ0) is 22.1. The molecule has 1 fully saturated rings. The Morgan fingerprint density at radius 2 is 2.03 bits per heavy atom. The number of rotatable bonds is 8. The Labute approximate surface area is 212 Å². The van der Waals surface area contributed by atoms with Crippen LogP contribution in [0, 0.1) is 5.92 Å². The van der Waals surface area contributed by atoms with Crippen LogP contribution in [0.2, 0.25) is 5.02 Å². The molecule has 1 aromatic carbocycles. The average Bonchev–Trinajstić information content (AvgIpc) is 3.30. The normalized spacial score (nSPS) is 19.2. The van der Waals surface area contributed by atoms with E-state index < -0.39 is 0 Å². The fourth-order valence-electron chi connectivity index (χ4n) is 4.07. The van der Waals surface area contributed by atoms with E-state index in [0.717, 1.165) is 43.5 Å². The highest BCUT2D eigenvalue weighted by Gasteiger charge is 2.30. The van der Waals surface area contributed by atoms with Crippen molar-refractivity contribution in [2.24, 2.45) is 10.9 Å². The maximum absolute atomic E-state index is 11.9. The molecule has 7 nitrogen and oxygen atoms in total. The van der Waals surface area contributed by atoms with E-state index in [4.69, 9.17) is 21.0 Å². The first kappa shape index (κ1) is 26.5. The number of likely N-dealkylation sites (tertiary alicyclic amines) is 1. The second-order valence-corrected chi connectivity index (χ2v) is 8.20. The lowest BCUT2D eigenvalue weighted by molar-refractivity contribution is 0.0926. The predicted octanol–water partition coefficient (Wildman–Crippen LogP) is 3.92. The Kier molecular flexibility index (Phi) is 11.3. The van der Waals surface area contributed by atoms with Crippen LogP contribution in [0.3, 0.4) is 0 Å². The Balaban J connectivity index is 0.00000363. The fourth-order valence-corrected chi connectivity index (χ4v) is 4.27. The van der Waals surface area contributed by atoms with Gasteiger partial charge in [0.2, 0.25) is 0 Å². The number of hydrogen-bond donors (Lipinski definition) is 3. The molecule has 1 amide bonds. The largest absolute Gasteiger partial charge is 0.459 e. The molecule has 1 aliphatic rings. The third-order valence-corrected chi connectivity index (χ3v) is 5.71. The number of piperidine rings is 1. The molecular weight excluding hydrogens is 541 g/mol. The first-order valence-corrected chi connectivity index (χ1v) is 11.3. The highest BCUT2D eigenvalue weighted by atomic mass is 127. The number of amides is 1. The predicted molar refractivity (Wildman–Crippen MR) is 140 cm³/mol. The van der Waals surface area contributed by atoms with E-state index in [0.29, 0.717) is 30.8 Å². The number of carbonyl (C=O) groups excluding carboxylic acids is 1. The standard InChI is InChI=1S/C23H32ClN5O2.HI/c1-3-25-23(27-12-11-26-22(30)20-10-6-14-31-20)28-16-18-8-5-13-29(2)21(18)17-7-4-9-19(24)15-17;/h4,6-7,9-10,14-15,18,21H,3,5,8,11-13,16H2,1-2H3,(H,26,30)(H2,25,27,28);1H. The van der Waals surface area contributed by atoms with Crippen molar-refractivity contribution in [3.05, 3.63) is 59.0 Å². The van der Waals surface area contributed by atoms with Gasteiger partial charge in [0.25, 0.3) is 5.91 Å². The molecule has 2 atom stereocenters. The molecule has 0 spiro atoms. The lowest BCUT2D eigenvalue weighted by atomic mass is 9.85. The molecule has 176 valence electrons. The van der Waals surface area contributed by atoms with Crippen LogP contribution in [0.15, 0.2) is 52.1 Å². The van der Waals surface area contributed by atoms with Crippen molar-refractivity contribution in [3.8, 4) is 0 Å².